The topological polar surface area (TPSA) is 76.1 Å². The molecule has 1 N–H and O–H groups in total. The number of ether oxygens (including phenoxy) is 2. The van der Waals surface area contributed by atoms with Gasteiger partial charge in [-0.1, -0.05) is 214 Å². The van der Waals surface area contributed by atoms with E-state index >= 15 is 0 Å². The lowest BCUT2D eigenvalue weighted by Crippen LogP contribution is -2.27. The van der Waals surface area contributed by atoms with E-state index in [1.54, 1.807) is 0 Å². The summed E-state index contributed by atoms with van der Waals surface area (Å²) in [6.45, 7) is 17.0. The molecule has 0 saturated carbocycles. The van der Waals surface area contributed by atoms with E-state index in [-0.39, 0.29) is 5.97 Å². The van der Waals surface area contributed by atoms with Crippen LogP contribution in [0, 0.1) is 11.8 Å². The molecule has 0 aliphatic carbocycles. The molecule has 0 fully saturated rings. The lowest BCUT2D eigenvalue weighted by atomic mass is 9.95. The number of nitrogens with zero attached hydrogens (tertiary/aromatic N) is 1. The van der Waals surface area contributed by atoms with E-state index < -0.39 is 0 Å². The number of hydrogen-bond acceptors (Lipinski definition) is 6. The SMILES string of the molecule is CCCCCCCCC(CCCCCC)COC(=O)CCCCCCCN(CCCCO)CCCCCCCC.CCCCCCCCC(CCCCCC)COC=O. The van der Waals surface area contributed by atoms with Gasteiger partial charge in [0.15, 0.2) is 0 Å². The molecule has 0 aromatic carbocycles. The van der Waals surface area contributed by atoms with Crippen LogP contribution in [0.1, 0.15) is 279 Å². The Balaban J connectivity index is 0. The molecule has 0 rings (SSSR count). The van der Waals surface area contributed by atoms with E-state index in [1.807, 2.05) is 0 Å². The monoisotopic (exact) mass is 838 g/mol. The highest BCUT2D eigenvalue weighted by atomic mass is 16.5. The fraction of sp³-hybridized carbons (Fsp3) is 0.962. The molecule has 59 heavy (non-hydrogen) atoms. The fourth-order valence-corrected chi connectivity index (χ4v) is 8.26. The summed E-state index contributed by atoms with van der Waals surface area (Å²) in [5, 5.41) is 9.14. The number of carbonyl (C=O) groups excluding carboxylic acids is 2. The lowest BCUT2D eigenvalue weighted by Gasteiger charge is -2.22. The zero-order chi connectivity index (χ0) is 43.5. The van der Waals surface area contributed by atoms with Crippen LogP contribution in [0.25, 0.3) is 0 Å². The normalized spacial score (nSPS) is 12.3. The van der Waals surface area contributed by atoms with Crippen molar-refractivity contribution in [2.24, 2.45) is 11.8 Å². The van der Waals surface area contributed by atoms with Crippen LogP contribution in [0.3, 0.4) is 0 Å². The van der Waals surface area contributed by atoms with Crippen LogP contribution >= 0.6 is 0 Å². The third-order valence-electron chi connectivity index (χ3n) is 12.3. The number of esters is 1. The number of aliphatic hydroxyl groups excluding tert-OH is 1. The van der Waals surface area contributed by atoms with Gasteiger partial charge in [-0.05, 0) is 89.3 Å². The van der Waals surface area contributed by atoms with Crippen molar-refractivity contribution in [3.63, 3.8) is 0 Å². The van der Waals surface area contributed by atoms with Crippen molar-refractivity contribution in [1.29, 1.82) is 0 Å². The molecule has 0 aromatic rings. The molecule has 2 atom stereocenters. The van der Waals surface area contributed by atoms with E-state index in [0.717, 1.165) is 32.2 Å². The first kappa shape index (κ1) is 60.0. The summed E-state index contributed by atoms with van der Waals surface area (Å²) in [4.78, 5) is 25.3. The Morgan fingerprint density at radius 1 is 0.441 bits per heavy atom. The van der Waals surface area contributed by atoms with Gasteiger partial charge in [0.25, 0.3) is 6.47 Å². The molecule has 0 aliphatic heterocycles. The van der Waals surface area contributed by atoms with E-state index in [9.17, 15) is 9.59 Å². The van der Waals surface area contributed by atoms with Gasteiger partial charge in [0.05, 0.1) is 13.2 Å². The van der Waals surface area contributed by atoms with Crippen molar-refractivity contribution in [1.82, 2.24) is 4.90 Å². The summed E-state index contributed by atoms with van der Waals surface area (Å²) in [7, 11) is 0. The average molecular weight is 838 g/mol. The van der Waals surface area contributed by atoms with Crippen LogP contribution in [0.4, 0.5) is 0 Å². The summed E-state index contributed by atoms with van der Waals surface area (Å²) in [5.74, 6) is 1.17. The molecule has 6 heteroatoms. The summed E-state index contributed by atoms with van der Waals surface area (Å²) in [6.07, 6.45) is 47.9. The Morgan fingerprint density at radius 3 is 1.15 bits per heavy atom. The van der Waals surface area contributed by atoms with Gasteiger partial charge < -0.3 is 19.5 Å². The van der Waals surface area contributed by atoms with E-state index in [0.29, 0.717) is 44.5 Å². The maximum atomic E-state index is 12.4. The standard InChI is InChI=1S/C36H73NO3.C17H34O2/c1-4-7-10-13-16-21-28-35(27-20-12-9-6-3)34-40-36(39)29-22-17-15-19-24-31-37(32-25-26-33-38)30-23-18-14-11-8-5-2;1-3-5-7-9-10-12-14-17(15-19-16-18)13-11-8-6-4-2/h35,38H,4-34H2,1-3H3;16-17H,3-15H2,1-2H3. The van der Waals surface area contributed by atoms with Gasteiger partial charge in [-0.15, -0.1) is 0 Å². The first-order valence-corrected chi connectivity index (χ1v) is 26.6. The Kier molecular flexibility index (Phi) is 53.9. The summed E-state index contributed by atoms with van der Waals surface area (Å²) in [5.41, 5.74) is 0. The smallest absolute Gasteiger partial charge is 0.305 e. The fourth-order valence-electron chi connectivity index (χ4n) is 8.26. The Bertz CT molecular complexity index is 794. The number of unbranched alkanes of at least 4 members (excludes halogenated alkanes) is 26. The van der Waals surface area contributed by atoms with E-state index in [4.69, 9.17) is 14.6 Å². The molecule has 0 radical (unpaired) electrons. The molecule has 0 spiro atoms. The van der Waals surface area contributed by atoms with Crippen molar-refractivity contribution in [2.45, 2.75) is 279 Å². The quantitative estimate of drug-likeness (QED) is 0.0374. The molecule has 2 unspecified atom stereocenters. The van der Waals surface area contributed by atoms with Gasteiger partial charge in [0.1, 0.15) is 0 Å². The van der Waals surface area contributed by atoms with E-state index in [2.05, 4.69) is 39.5 Å². The Morgan fingerprint density at radius 2 is 0.763 bits per heavy atom. The zero-order valence-electron chi connectivity index (χ0n) is 40.9. The Hall–Kier alpha value is -1.14. The molecular formula is C53H107NO5. The zero-order valence-corrected chi connectivity index (χ0v) is 40.9. The van der Waals surface area contributed by atoms with Gasteiger partial charge in [0.2, 0.25) is 0 Å². The van der Waals surface area contributed by atoms with Crippen molar-refractivity contribution >= 4 is 12.4 Å². The molecule has 0 saturated heterocycles. The van der Waals surface area contributed by atoms with Crippen molar-refractivity contribution < 1.29 is 24.2 Å². The summed E-state index contributed by atoms with van der Waals surface area (Å²) in [6, 6.07) is 0. The minimum absolute atomic E-state index is 0.0236. The van der Waals surface area contributed by atoms with Crippen LogP contribution in [0.15, 0.2) is 0 Å². The van der Waals surface area contributed by atoms with Crippen molar-refractivity contribution in [3.8, 4) is 0 Å². The summed E-state index contributed by atoms with van der Waals surface area (Å²) >= 11 is 0. The molecule has 0 amide bonds. The highest BCUT2D eigenvalue weighted by Crippen LogP contribution is 2.21. The third kappa shape index (κ3) is 49.4. The largest absolute Gasteiger partial charge is 0.468 e. The molecule has 6 nitrogen and oxygen atoms in total. The first-order valence-electron chi connectivity index (χ1n) is 26.6. The maximum Gasteiger partial charge on any atom is 0.305 e. The van der Waals surface area contributed by atoms with Gasteiger partial charge in [-0.3, -0.25) is 9.59 Å². The molecule has 0 aromatic heterocycles. The van der Waals surface area contributed by atoms with Gasteiger partial charge in [-0.2, -0.15) is 0 Å². The van der Waals surface area contributed by atoms with Crippen molar-refractivity contribution in [3.05, 3.63) is 0 Å². The highest BCUT2D eigenvalue weighted by Gasteiger charge is 2.13. The van der Waals surface area contributed by atoms with Crippen molar-refractivity contribution in [2.75, 3.05) is 39.5 Å². The second-order valence-electron chi connectivity index (χ2n) is 18.2. The minimum atomic E-state index is 0.0236. The van der Waals surface area contributed by atoms with Crippen LogP contribution in [-0.2, 0) is 19.1 Å². The number of aliphatic hydroxyl groups is 1. The third-order valence-corrected chi connectivity index (χ3v) is 12.3. The second kappa shape index (κ2) is 53.0. The van der Waals surface area contributed by atoms with Gasteiger partial charge in [0, 0.05) is 13.0 Å². The lowest BCUT2D eigenvalue weighted by molar-refractivity contribution is -0.145. The molecular weight excluding hydrogens is 731 g/mol. The van der Waals surface area contributed by atoms with Crippen LogP contribution < -0.4 is 0 Å². The summed E-state index contributed by atoms with van der Waals surface area (Å²) < 4.78 is 10.7. The maximum absolute atomic E-state index is 12.4. The minimum Gasteiger partial charge on any atom is -0.468 e. The number of carbonyl (C=O) groups is 2. The Labute approximate surface area is 370 Å². The number of hydrogen-bond donors (Lipinski definition) is 1. The first-order chi connectivity index (χ1) is 29.0. The van der Waals surface area contributed by atoms with Crippen LogP contribution in [0.5, 0.6) is 0 Å². The van der Waals surface area contributed by atoms with Gasteiger partial charge in [-0.25, -0.2) is 0 Å². The van der Waals surface area contributed by atoms with Crippen LogP contribution in [-0.4, -0.2) is 61.9 Å². The highest BCUT2D eigenvalue weighted by molar-refractivity contribution is 5.69. The van der Waals surface area contributed by atoms with Gasteiger partial charge >= 0.3 is 5.97 Å². The second-order valence-corrected chi connectivity index (χ2v) is 18.2. The molecule has 354 valence electrons. The molecule has 0 heterocycles. The number of rotatable bonds is 48. The average Bonchev–Trinajstić information content (AvgIpc) is 3.24. The predicted molar refractivity (Wildman–Crippen MR) is 257 cm³/mol. The molecule has 0 bridgehead atoms. The predicted octanol–water partition coefficient (Wildman–Crippen LogP) is 16.1. The molecule has 0 aliphatic rings. The van der Waals surface area contributed by atoms with Crippen LogP contribution in [0.2, 0.25) is 0 Å². The van der Waals surface area contributed by atoms with E-state index in [1.165, 1.54) is 225 Å².